The summed E-state index contributed by atoms with van der Waals surface area (Å²) in [4.78, 5) is 11.1. The van der Waals surface area contributed by atoms with Gasteiger partial charge in [0.15, 0.2) is 0 Å². The van der Waals surface area contributed by atoms with Crippen LogP contribution in [0.2, 0.25) is 0 Å². The van der Waals surface area contributed by atoms with E-state index in [1.165, 1.54) is 31.4 Å². The van der Waals surface area contributed by atoms with Crippen LogP contribution in [0.1, 0.15) is 5.56 Å². The molecule has 0 unspecified atom stereocenters. The normalized spacial score (nSPS) is 11.0. The van der Waals surface area contributed by atoms with E-state index < -0.39 is 22.5 Å². The number of sulfonamides is 1. The topological polar surface area (TPSA) is 83.9 Å². The third kappa shape index (κ3) is 3.81. The first kappa shape index (κ1) is 16.8. The van der Waals surface area contributed by atoms with Crippen LogP contribution in [0.4, 0.5) is 5.69 Å². The second kappa shape index (κ2) is 6.70. The van der Waals surface area contributed by atoms with Crippen LogP contribution in [-0.2, 0) is 14.8 Å². The Bertz CT molecular complexity index is 782. The van der Waals surface area contributed by atoms with Crippen LogP contribution >= 0.6 is 0 Å². The van der Waals surface area contributed by atoms with Crippen LogP contribution in [0, 0.1) is 6.92 Å². The molecule has 122 valence electrons. The van der Waals surface area contributed by atoms with Crippen molar-refractivity contribution in [2.75, 3.05) is 18.0 Å². The number of rotatable bonds is 6. The lowest BCUT2D eigenvalue weighted by molar-refractivity contribution is -0.135. The molecule has 0 saturated heterocycles. The number of aryl methyl sites for hydroxylation is 1. The summed E-state index contributed by atoms with van der Waals surface area (Å²) >= 11 is 0. The Labute approximate surface area is 135 Å². The van der Waals surface area contributed by atoms with Crippen LogP contribution in [-0.4, -0.2) is 33.1 Å². The number of hydrogen-bond acceptors (Lipinski definition) is 4. The number of hydrogen-bond donors (Lipinski definition) is 1. The fourth-order valence-corrected chi connectivity index (χ4v) is 3.44. The van der Waals surface area contributed by atoms with E-state index in [4.69, 9.17) is 9.84 Å². The van der Waals surface area contributed by atoms with E-state index in [1.807, 2.05) is 6.92 Å². The molecule has 0 fully saturated rings. The van der Waals surface area contributed by atoms with Gasteiger partial charge in [-0.3, -0.25) is 9.10 Å². The number of benzene rings is 2. The van der Waals surface area contributed by atoms with Gasteiger partial charge in [0.2, 0.25) is 0 Å². The van der Waals surface area contributed by atoms with Crippen molar-refractivity contribution >= 4 is 21.7 Å². The molecule has 0 heterocycles. The van der Waals surface area contributed by atoms with Crippen LogP contribution in [0.25, 0.3) is 0 Å². The predicted octanol–water partition coefficient (Wildman–Crippen LogP) is 2.28. The number of carboxylic acid groups (broad SMARTS) is 1. The van der Waals surface area contributed by atoms with Crippen LogP contribution in [0.3, 0.4) is 0 Å². The monoisotopic (exact) mass is 335 g/mol. The van der Waals surface area contributed by atoms with Crippen molar-refractivity contribution in [1.29, 1.82) is 0 Å². The number of anilines is 1. The smallest absolute Gasteiger partial charge is 0.324 e. The SMILES string of the molecule is COc1ccc(N(CC(=O)O)S(=O)(=O)c2ccc(C)cc2)cc1. The van der Waals surface area contributed by atoms with E-state index in [0.29, 0.717) is 5.75 Å². The third-order valence-corrected chi connectivity index (χ3v) is 5.04. The zero-order chi connectivity index (χ0) is 17.0. The highest BCUT2D eigenvalue weighted by molar-refractivity contribution is 7.92. The largest absolute Gasteiger partial charge is 0.497 e. The zero-order valence-electron chi connectivity index (χ0n) is 12.8. The van der Waals surface area contributed by atoms with Crippen molar-refractivity contribution in [2.45, 2.75) is 11.8 Å². The van der Waals surface area contributed by atoms with Gasteiger partial charge in [-0.2, -0.15) is 0 Å². The molecule has 6 nitrogen and oxygen atoms in total. The fourth-order valence-electron chi connectivity index (χ4n) is 2.02. The average Bonchev–Trinajstić information content (AvgIpc) is 2.53. The predicted molar refractivity (Wildman–Crippen MR) is 86.3 cm³/mol. The first-order valence-electron chi connectivity index (χ1n) is 6.80. The molecule has 0 aliphatic heterocycles. The number of ether oxygens (including phenoxy) is 1. The lowest BCUT2D eigenvalue weighted by Gasteiger charge is -2.23. The van der Waals surface area contributed by atoms with Gasteiger partial charge >= 0.3 is 5.97 Å². The van der Waals surface area contributed by atoms with E-state index in [-0.39, 0.29) is 10.6 Å². The second-order valence-electron chi connectivity index (χ2n) is 4.92. The molecule has 2 aromatic carbocycles. The summed E-state index contributed by atoms with van der Waals surface area (Å²) in [5.41, 5.74) is 1.17. The second-order valence-corrected chi connectivity index (χ2v) is 6.78. The molecule has 0 atom stereocenters. The summed E-state index contributed by atoms with van der Waals surface area (Å²) in [7, 11) is -2.48. The molecule has 7 heteroatoms. The maximum absolute atomic E-state index is 12.8. The van der Waals surface area contributed by atoms with Gasteiger partial charge in [0, 0.05) is 0 Å². The highest BCUT2D eigenvalue weighted by Crippen LogP contribution is 2.25. The molecular weight excluding hydrogens is 318 g/mol. The molecule has 2 aromatic rings. The molecule has 23 heavy (non-hydrogen) atoms. The highest BCUT2D eigenvalue weighted by atomic mass is 32.2. The summed E-state index contributed by atoms with van der Waals surface area (Å²) in [6.07, 6.45) is 0. The van der Waals surface area contributed by atoms with Crippen LogP contribution < -0.4 is 9.04 Å². The van der Waals surface area contributed by atoms with Gasteiger partial charge in [0.25, 0.3) is 10.0 Å². The van der Waals surface area contributed by atoms with Crippen molar-refractivity contribution < 1.29 is 23.1 Å². The van der Waals surface area contributed by atoms with Crippen molar-refractivity contribution in [3.8, 4) is 5.75 Å². The molecule has 0 radical (unpaired) electrons. The van der Waals surface area contributed by atoms with Gasteiger partial charge in [-0.1, -0.05) is 17.7 Å². The van der Waals surface area contributed by atoms with E-state index in [1.54, 1.807) is 24.3 Å². The number of methoxy groups -OCH3 is 1. The minimum absolute atomic E-state index is 0.0418. The van der Waals surface area contributed by atoms with Crippen molar-refractivity contribution in [3.05, 3.63) is 54.1 Å². The summed E-state index contributed by atoms with van der Waals surface area (Å²) in [5, 5.41) is 9.07. The number of carbonyl (C=O) groups is 1. The van der Waals surface area contributed by atoms with E-state index in [2.05, 4.69) is 0 Å². The maximum Gasteiger partial charge on any atom is 0.324 e. The molecule has 0 aliphatic rings. The minimum Gasteiger partial charge on any atom is -0.497 e. The van der Waals surface area contributed by atoms with Gasteiger partial charge in [0.05, 0.1) is 17.7 Å². The Kier molecular flexibility index (Phi) is 4.90. The lowest BCUT2D eigenvalue weighted by atomic mass is 10.2. The van der Waals surface area contributed by atoms with Crippen molar-refractivity contribution in [1.82, 2.24) is 0 Å². The lowest BCUT2D eigenvalue weighted by Crippen LogP contribution is -2.35. The number of carboxylic acids is 1. The summed E-state index contributed by atoms with van der Waals surface area (Å²) < 4.78 is 31.4. The molecule has 0 aromatic heterocycles. The molecule has 0 bridgehead atoms. The molecule has 1 N–H and O–H groups in total. The van der Waals surface area contributed by atoms with Gasteiger partial charge in [-0.05, 0) is 43.3 Å². The number of nitrogens with zero attached hydrogens (tertiary/aromatic N) is 1. The molecule has 2 rings (SSSR count). The van der Waals surface area contributed by atoms with Crippen molar-refractivity contribution in [2.24, 2.45) is 0 Å². The highest BCUT2D eigenvalue weighted by Gasteiger charge is 2.27. The molecule has 0 saturated carbocycles. The Hall–Kier alpha value is -2.54. The first-order chi connectivity index (χ1) is 10.8. The minimum atomic E-state index is -3.97. The molecule has 0 spiro atoms. The average molecular weight is 335 g/mol. The summed E-state index contributed by atoms with van der Waals surface area (Å²) in [6.45, 7) is 1.18. The summed E-state index contributed by atoms with van der Waals surface area (Å²) in [6, 6.07) is 12.4. The number of aliphatic carboxylic acids is 1. The van der Waals surface area contributed by atoms with E-state index in [9.17, 15) is 13.2 Å². The third-order valence-electron chi connectivity index (χ3n) is 3.25. The standard InChI is InChI=1S/C16H17NO5S/c1-12-3-9-15(10-4-12)23(20,21)17(11-16(18)19)13-5-7-14(22-2)8-6-13/h3-10H,11H2,1-2H3,(H,18,19). The van der Waals surface area contributed by atoms with Gasteiger partial charge in [0.1, 0.15) is 12.3 Å². The van der Waals surface area contributed by atoms with Gasteiger partial charge in [-0.15, -0.1) is 0 Å². The van der Waals surface area contributed by atoms with Crippen LogP contribution in [0.5, 0.6) is 5.75 Å². The summed E-state index contributed by atoms with van der Waals surface area (Å²) in [5.74, 6) is -0.687. The Morgan fingerprint density at radius 1 is 1.09 bits per heavy atom. The quantitative estimate of drug-likeness (QED) is 0.875. The first-order valence-corrected chi connectivity index (χ1v) is 8.24. The van der Waals surface area contributed by atoms with E-state index in [0.717, 1.165) is 9.87 Å². The maximum atomic E-state index is 12.8. The molecular formula is C16H17NO5S. The zero-order valence-corrected chi connectivity index (χ0v) is 13.6. The fraction of sp³-hybridized carbons (Fsp3) is 0.188. The van der Waals surface area contributed by atoms with Crippen LogP contribution in [0.15, 0.2) is 53.4 Å². The van der Waals surface area contributed by atoms with E-state index >= 15 is 0 Å². The van der Waals surface area contributed by atoms with Crippen molar-refractivity contribution in [3.63, 3.8) is 0 Å². The Balaban J connectivity index is 2.48. The molecule has 0 aliphatic carbocycles. The van der Waals surface area contributed by atoms with Gasteiger partial charge < -0.3 is 9.84 Å². The Morgan fingerprint density at radius 2 is 1.65 bits per heavy atom. The van der Waals surface area contributed by atoms with Gasteiger partial charge in [-0.25, -0.2) is 8.42 Å². The molecule has 0 amide bonds. The Morgan fingerprint density at radius 3 is 2.13 bits per heavy atom.